The lowest BCUT2D eigenvalue weighted by molar-refractivity contribution is 1.01. The minimum atomic E-state index is 0.434. The van der Waals surface area contributed by atoms with Crippen LogP contribution >= 0.6 is 15.9 Å². The molecule has 0 fully saturated rings. The Bertz CT molecular complexity index is 869. The molecule has 4 rings (SSSR count). The van der Waals surface area contributed by atoms with Crippen LogP contribution in [0.1, 0.15) is 29.5 Å². The number of hydrogen-bond acceptors (Lipinski definition) is 0. The molecule has 0 amide bonds. The van der Waals surface area contributed by atoms with E-state index in [1.165, 1.54) is 37.5 Å². The van der Waals surface area contributed by atoms with Gasteiger partial charge in [0.2, 0.25) is 0 Å². The van der Waals surface area contributed by atoms with Crippen molar-refractivity contribution in [1.82, 2.24) is 0 Å². The highest BCUT2D eigenvalue weighted by Gasteiger charge is 2.24. The molecule has 1 aliphatic carbocycles. The van der Waals surface area contributed by atoms with Crippen molar-refractivity contribution in [3.05, 3.63) is 81.8 Å². The standard InChI is InChI=1S/C20H15Br/c1-13-15-9-5-11-20(21)19(15)12-18(13)17-10-4-7-14-6-2-3-8-16(14)17/h2-13H,1H3. The van der Waals surface area contributed by atoms with Crippen LogP contribution in [0, 0.1) is 0 Å². The summed E-state index contributed by atoms with van der Waals surface area (Å²) in [6.07, 6.45) is 2.34. The Balaban J connectivity index is 1.95. The van der Waals surface area contributed by atoms with Gasteiger partial charge >= 0.3 is 0 Å². The number of allylic oxidation sites excluding steroid dienone is 1. The Kier molecular flexibility index (Phi) is 2.97. The summed E-state index contributed by atoms with van der Waals surface area (Å²) in [7, 11) is 0. The molecule has 1 atom stereocenters. The van der Waals surface area contributed by atoms with E-state index < -0.39 is 0 Å². The molecule has 0 N–H and O–H groups in total. The molecule has 1 heteroatoms. The Morgan fingerprint density at radius 1 is 0.857 bits per heavy atom. The molecular formula is C20H15Br. The van der Waals surface area contributed by atoms with Crippen LogP contribution in [-0.4, -0.2) is 0 Å². The van der Waals surface area contributed by atoms with Crippen LogP contribution in [-0.2, 0) is 0 Å². The van der Waals surface area contributed by atoms with Crippen LogP contribution in [0.15, 0.2) is 65.1 Å². The van der Waals surface area contributed by atoms with Gasteiger partial charge in [0.1, 0.15) is 0 Å². The maximum atomic E-state index is 3.68. The lowest BCUT2D eigenvalue weighted by Gasteiger charge is -2.14. The average Bonchev–Trinajstić information content (AvgIpc) is 2.85. The van der Waals surface area contributed by atoms with Gasteiger partial charge in [-0.15, -0.1) is 0 Å². The number of rotatable bonds is 1. The van der Waals surface area contributed by atoms with E-state index in [4.69, 9.17) is 0 Å². The van der Waals surface area contributed by atoms with Crippen LogP contribution in [0.2, 0.25) is 0 Å². The Hall–Kier alpha value is -1.86. The van der Waals surface area contributed by atoms with Gasteiger partial charge in [0.25, 0.3) is 0 Å². The fraction of sp³-hybridized carbons (Fsp3) is 0.100. The summed E-state index contributed by atoms with van der Waals surface area (Å²) in [5, 5.41) is 2.64. The Labute approximate surface area is 133 Å². The molecule has 0 aromatic heterocycles. The van der Waals surface area contributed by atoms with Gasteiger partial charge in [-0.05, 0) is 45.2 Å². The molecule has 3 aromatic carbocycles. The zero-order valence-corrected chi connectivity index (χ0v) is 13.4. The molecule has 1 unspecified atom stereocenters. The zero-order chi connectivity index (χ0) is 14.4. The topological polar surface area (TPSA) is 0 Å². The summed E-state index contributed by atoms with van der Waals surface area (Å²) in [4.78, 5) is 0. The third-order valence-electron chi connectivity index (χ3n) is 4.42. The fourth-order valence-electron chi connectivity index (χ4n) is 3.32. The van der Waals surface area contributed by atoms with E-state index in [1.807, 2.05) is 0 Å². The third-order valence-corrected chi connectivity index (χ3v) is 5.11. The summed E-state index contributed by atoms with van der Waals surface area (Å²) in [6, 6.07) is 21.7. The van der Waals surface area contributed by atoms with Crippen molar-refractivity contribution in [2.45, 2.75) is 12.8 Å². The van der Waals surface area contributed by atoms with Crippen LogP contribution in [0.3, 0.4) is 0 Å². The third kappa shape index (κ3) is 1.96. The fourth-order valence-corrected chi connectivity index (χ4v) is 3.82. The first-order valence-corrected chi connectivity index (χ1v) is 8.03. The van der Waals surface area contributed by atoms with E-state index in [-0.39, 0.29) is 0 Å². The Morgan fingerprint density at radius 2 is 1.62 bits per heavy atom. The van der Waals surface area contributed by atoms with Crippen molar-refractivity contribution in [2.75, 3.05) is 0 Å². The molecule has 0 heterocycles. The summed E-state index contributed by atoms with van der Waals surface area (Å²) in [5.41, 5.74) is 5.50. The molecule has 0 spiro atoms. The van der Waals surface area contributed by atoms with Crippen LogP contribution in [0.4, 0.5) is 0 Å². The largest absolute Gasteiger partial charge is 0.0616 e. The Morgan fingerprint density at radius 3 is 2.48 bits per heavy atom. The first kappa shape index (κ1) is 12.8. The number of fused-ring (bicyclic) bond motifs is 2. The van der Waals surface area contributed by atoms with Crippen LogP contribution in [0.5, 0.6) is 0 Å². The second kappa shape index (κ2) is 4.85. The lowest BCUT2D eigenvalue weighted by Crippen LogP contribution is -1.94. The van der Waals surface area contributed by atoms with E-state index in [0.29, 0.717) is 5.92 Å². The second-order valence-corrected chi connectivity index (χ2v) is 6.45. The summed E-state index contributed by atoms with van der Waals surface area (Å²) >= 11 is 3.68. The van der Waals surface area contributed by atoms with Crippen molar-refractivity contribution in [1.29, 1.82) is 0 Å². The molecule has 0 bridgehead atoms. The molecule has 0 saturated carbocycles. The van der Waals surface area contributed by atoms with Crippen molar-refractivity contribution in [3.63, 3.8) is 0 Å². The SMILES string of the molecule is CC1C(c2cccc3ccccc23)=Cc2c(Br)cccc21. The van der Waals surface area contributed by atoms with Gasteiger partial charge in [-0.2, -0.15) is 0 Å². The first-order valence-electron chi connectivity index (χ1n) is 7.24. The summed E-state index contributed by atoms with van der Waals surface area (Å²) in [6.45, 7) is 2.30. The summed E-state index contributed by atoms with van der Waals surface area (Å²) in [5.74, 6) is 0.434. The van der Waals surface area contributed by atoms with E-state index in [0.717, 1.165) is 0 Å². The molecule has 0 aliphatic heterocycles. The molecule has 3 aromatic rings. The van der Waals surface area contributed by atoms with Gasteiger partial charge in [-0.3, -0.25) is 0 Å². The number of benzene rings is 3. The van der Waals surface area contributed by atoms with Crippen molar-refractivity contribution >= 4 is 38.4 Å². The molecule has 0 nitrogen and oxygen atoms in total. The van der Waals surface area contributed by atoms with E-state index >= 15 is 0 Å². The van der Waals surface area contributed by atoms with Crippen LogP contribution in [0.25, 0.3) is 22.4 Å². The highest BCUT2D eigenvalue weighted by Crippen LogP contribution is 2.45. The highest BCUT2D eigenvalue weighted by molar-refractivity contribution is 9.10. The predicted octanol–water partition coefficient (Wildman–Crippen LogP) is 6.26. The van der Waals surface area contributed by atoms with E-state index in [2.05, 4.69) is 89.6 Å². The van der Waals surface area contributed by atoms with Crippen molar-refractivity contribution in [2.24, 2.45) is 0 Å². The minimum Gasteiger partial charge on any atom is -0.0616 e. The lowest BCUT2D eigenvalue weighted by atomic mass is 9.90. The first-order chi connectivity index (χ1) is 10.3. The van der Waals surface area contributed by atoms with E-state index in [9.17, 15) is 0 Å². The average molecular weight is 335 g/mol. The maximum Gasteiger partial charge on any atom is 0.0250 e. The molecular weight excluding hydrogens is 320 g/mol. The molecule has 21 heavy (non-hydrogen) atoms. The van der Waals surface area contributed by atoms with Crippen LogP contribution < -0.4 is 0 Å². The van der Waals surface area contributed by atoms with Gasteiger partial charge in [0.05, 0.1) is 0 Å². The van der Waals surface area contributed by atoms with Gasteiger partial charge in [-0.1, -0.05) is 77.5 Å². The monoisotopic (exact) mass is 334 g/mol. The van der Waals surface area contributed by atoms with Gasteiger partial charge < -0.3 is 0 Å². The summed E-state index contributed by atoms with van der Waals surface area (Å²) < 4.78 is 1.18. The quantitative estimate of drug-likeness (QED) is 0.492. The number of halogens is 1. The number of hydrogen-bond donors (Lipinski definition) is 0. The van der Waals surface area contributed by atoms with Gasteiger partial charge in [0, 0.05) is 10.4 Å². The maximum absolute atomic E-state index is 3.68. The normalized spacial score (nSPS) is 16.9. The van der Waals surface area contributed by atoms with E-state index in [1.54, 1.807) is 0 Å². The zero-order valence-electron chi connectivity index (χ0n) is 11.8. The van der Waals surface area contributed by atoms with Crippen molar-refractivity contribution < 1.29 is 0 Å². The molecule has 0 radical (unpaired) electrons. The van der Waals surface area contributed by atoms with Gasteiger partial charge in [-0.25, -0.2) is 0 Å². The second-order valence-electron chi connectivity index (χ2n) is 5.59. The molecule has 1 aliphatic rings. The highest BCUT2D eigenvalue weighted by atomic mass is 79.9. The predicted molar refractivity (Wildman–Crippen MR) is 94.4 cm³/mol. The molecule has 0 saturated heterocycles. The smallest absolute Gasteiger partial charge is 0.0250 e. The minimum absolute atomic E-state index is 0.434. The van der Waals surface area contributed by atoms with Gasteiger partial charge in [0.15, 0.2) is 0 Å². The molecule has 102 valence electrons. The van der Waals surface area contributed by atoms with Crippen molar-refractivity contribution in [3.8, 4) is 0 Å².